The minimum atomic E-state index is -1.82. The molecule has 8 atom stereocenters. The van der Waals surface area contributed by atoms with Gasteiger partial charge in [0.05, 0.1) is 25.3 Å². The van der Waals surface area contributed by atoms with Gasteiger partial charge >= 0.3 is 17.9 Å². The van der Waals surface area contributed by atoms with Crippen molar-refractivity contribution in [3.8, 4) is 0 Å². The number of carboxylic acids is 3. The summed E-state index contributed by atoms with van der Waals surface area (Å²) in [7, 11) is 0. The van der Waals surface area contributed by atoms with Gasteiger partial charge in [0.2, 0.25) is 47.3 Å². The Hall–Kier alpha value is -6.43. The molecule has 1 aromatic heterocycles. The van der Waals surface area contributed by atoms with Gasteiger partial charge in [-0.2, -0.15) is 11.8 Å². The van der Waals surface area contributed by atoms with Crippen LogP contribution in [0.3, 0.4) is 0 Å². The van der Waals surface area contributed by atoms with Gasteiger partial charge in [0.1, 0.15) is 36.3 Å². The van der Waals surface area contributed by atoms with Gasteiger partial charge in [-0.1, -0.05) is 0 Å². The Balaban J connectivity index is 0.000000965. The summed E-state index contributed by atoms with van der Waals surface area (Å²) in [6, 6.07) is -7.85. The predicted octanol–water partition coefficient (Wildman–Crippen LogP) is -7.11. The lowest BCUT2D eigenvalue weighted by Crippen LogP contribution is -2.58. The number of carbonyl (C=O) groups excluding carboxylic acids is 8. The highest BCUT2D eigenvalue weighted by Crippen LogP contribution is 2.20. The van der Waals surface area contributed by atoms with Gasteiger partial charge in [-0.05, 0) is 57.1 Å². The monoisotopic (exact) mass is 945 g/mol. The van der Waals surface area contributed by atoms with Crippen LogP contribution in [0.5, 0.6) is 0 Å². The molecule has 2 aliphatic heterocycles. The second-order valence-corrected chi connectivity index (χ2v) is 15.5. The number of H-pyrrole nitrogens is 1. The summed E-state index contributed by atoms with van der Waals surface area (Å²) in [5.41, 5.74) is 25.7. The van der Waals surface area contributed by atoms with E-state index in [-0.39, 0.29) is 44.7 Å². The number of nitrogens with zero attached hydrogens (tertiary/aromatic N) is 2. The number of carboxylic acid groups (broad SMARTS) is 3. The van der Waals surface area contributed by atoms with E-state index in [0.717, 1.165) is 19.4 Å². The molecule has 2 fully saturated rings. The molecular weight excluding hydrogens is 887 g/mol. The van der Waals surface area contributed by atoms with Crippen molar-refractivity contribution in [1.29, 1.82) is 0 Å². The number of primary amides is 3. The lowest BCUT2D eigenvalue weighted by Gasteiger charge is -2.30. The second kappa shape index (κ2) is 29.1. The van der Waals surface area contributed by atoms with Gasteiger partial charge in [0.15, 0.2) is 6.10 Å². The van der Waals surface area contributed by atoms with Crippen LogP contribution in [-0.4, -0.2) is 180 Å². The van der Waals surface area contributed by atoms with Gasteiger partial charge in [-0.15, -0.1) is 0 Å². The standard InChI is InChI=1S/C27H42N10O9S.C5H9NO2.C4H8N2O4/c1-47-8-6-16(35-23(41)15(28)10-21(30)39)26(44)37-7-2-3-19(37)25(43)36-18(9-14-11-31-13-33-14)24(42)32-12-22(40)34-17(27(45)46)4-5-20(29)38;7-5(8)4-2-1-3-6-4;5-1(4(9)10)2(7)3(6)8/h11,13,15-19H,2-10,12,28H2,1H3,(H2,29,38)(H2,30,39)(H,31,33)(H,32,42)(H,34,40)(H,35,41)(H,36,43)(H,45,46);4,6H,1-3H2,(H,7,8);1-2,7H,5H2,(H2,6,8)(H,9,10)/t15-,16-,17+,18-,19-;4-;1-,2-/m011/s1. The maximum Gasteiger partial charge on any atom is 0.326 e. The number of carbonyl (C=O) groups is 11. The Morgan fingerprint density at radius 2 is 1.54 bits per heavy atom. The first-order valence-corrected chi connectivity index (χ1v) is 21.3. The number of hydrogen-bond acceptors (Lipinski definition) is 17. The average molecular weight is 946 g/mol. The number of rotatable bonds is 24. The summed E-state index contributed by atoms with van der Waals surface area (Å²) in [5.74, 6) is -9.34. The fraction of sp³-hybridized carbons (Fsp3) is 0.611. The summed E-state index contributed by atoms with van der Waals surface area (Å²) in [6.07, 6.45) is 4.52. The molecule has 1 aromatic rings. The number of aromatic amines is 1. The highest BCUT2D eigenvalue weighted by molar-refractivity contribution is 7.98. The SMILES string of the molecule is CSCC[C@H](NC(=O)[C@@H](N)CC(N)=O)C(=O)N1CCC[C@H]1C(=O)N[C@@H](Cc1cnc[nH]1)C(=O)NCC(=O)N[C@H](CCC(N)=O)C(=O)O.NC(=O)[C@H](O)[C@@H](N)C(=O)O.O=C(O)[C@H]1CCCN1. The van der Waals surface area contributed by atoms with Crippen LogP contribution < -0.4 is 55.3 Å². The molecule has 8 amide bonds. The molecule has 65 heavy (non-hydrogen) atoms. The maximum atomic E-state index is 13.6. The zero-order valence-electron chi connectivity index (χ0n) is 35.4. The van der Waals surface area contributed by atoms with Gasteiger partial charge in [0.25, 0.3) is 0 Å². The number of aliphatic hydroxyl groups excluding tert-OH is 1. The van der Waals surface area contributed by atoms with E-state index in [0.29, 0.717) is 17.9 Å². The lowest BCUT2D eigenvalue weighted by atomic mass is 10.1. The first-order valence-electron chi connectivity index (χ1n) is 19.9. The molecule has 20 N–H and O–H groups in total. The van der Waals surface area contributed by atoms with E-state index in [4.69, 9.17) is 38.3 Å². The number of amides is 8. The van der Waals surface area contributed by atoms with Gasteiger partial charge in [0, 0.05) is 31.3 Å². The second-order valence-electron chi connectivity index (χ2n) is 14.5. The van der Waals surface area contributed by atoms with E-state index in [9.17, 15) is 57.8 Å². The Labute approximate surface area is 375 Å². The molecule has 0 aliphatic carbocycles. The molecule has 0 saturated carbocycles. The molecule has 0 radical (unpaired) electrons. The average Bonchev–Trinajstić information content (AvgIpc) is 4.06. The third-order valence-corrected chi connectivity index (χ3v) is 10.1. The van der Waals surface area contributed by atoms with Crippen molar-refractivity contribution in [2.45, 2.75) is 106 Å². The van der Waals surface area contributed by atoms with Gasteiger partial charge in [-0.3, -0.25) is 47.9 Å². The van der Waals surface area contributed by atoms with Crippen molar-refractivity contribution in [2.24, 2.45) is 28.7 Å². The fourth-order valence-electron chi connectivity index (χ4n) is 5.97. The first kappa shape index (κ1) is 56.6. The Morgan fingerprint density at radius 1 is 0.862 bits per heavy atom. The number of thioether (sulfide) groups is 1. The van der Waals surface area contributed by atoms with Gasteiger partial charge in [-0.25, -0.2) is 9.78 Å². The normalized spacial score (nSPS) is 17.9. The third-order valence-electron chi connectivity index (χ3n) is 9.44. The molecule has 0 spiro atoms. The van der Waals surface area contributed by atoms with E-state index in [1.807, 2.05) is 6.26 Å². The highest BCUT2D eigenvalue weighted by atomic mass is 32.2. The smallest absolute Gasteiger partial charge is 0.326 e. The fourth-order valence-corrected chi connectivity index (χ4v) is 6.44. The number of aliphatic hydroxyl groups is 1. The summed E-state index contributed by atoms with van der Waals surface area (Å²) in [5, 5.41) is 47.0. The topological polar surface area (TPSA) is 491 Å². The number of hydrogen-bond donors (Lipinski definition) is 15. The minimum Gasteiger partial charge on any atom is -0.480 e. The third kappa shape index (κ3) is 21.2. The van der Waals surface area contributed by atoms with Crippen LogP contribution in [0.4, 0.5) is 0 Å². The van der Waals surface area contributed by atoms with E-state index >= 15 is 0 Å². The van der Waals surface area contributed by atoms with Crippen molar-refractivity contribution in [2.75, 3.05) is 31.6 Å². The molecule has 0 unspecified atom stereocenters. The number of nitrogens with two attached hydrogens (primary N) is 5. The van der Waals surface area contributed by atoms with Crippen LogP contribution >= 0.6 is 11.8 Å². The van der Waals surface area contributed by atoms with Crippen LogP contribution in [0.1, 0.15) is 57.1 Å². The number of aromatic nitrogens is 2. The van der Waals surface area contributed by atoms with Crippen molar-refractivity contribution < 1.29 is 73.2 Å². The predicted molar refractivity (Wildman–Crippen MR) is 226 cm³/mol. The zero-order valence-corrected chi connectivity index (χ0v) is 36.3. The van der Waals surface area contributed by atoms with E-state index in [2.05, 4.69) is 42.3 Å². The molecule has 0 aromatic carbocycles. The van der Waals surface area contributed by atoms with Crippen LogP contribution in [-0.2, 0) is 59.2 Å². The summed E-state index contributed by atoms with van der Waals surface area (Å²) in [4.78, 5) is 137. The molecule has 3 heterocycles. The van der Waals surface area contributed by atoms with E-state index in [1.54, 1.807) is 0 Å². The quantitative estimate of drug-likeness (QED) is 0.0458. The molecule has 2 aliphatic rings. The lowest BCUT2D eigenvalue weighted by molar-refractivity contribution is -0.145. The number of aliphatic carboxylic acids is 3. The summed E-state index contributed by atoms with van der Waals surface area (Å²) < 4.78 is 0. The highest BCUT2D eigenvalue weighted by Gasteiger charge is 2.39. The van der Waals surface area contributed by atoms with Gasteiger partial charge < -0.3 is 85.6 Å². The molecular formula is C36H59N13O15S. The Bertz CT molecular complexity index is 1800. The van der Waals surface area contributed by atoms with Crippen LogP contribution in [0, 0.1) is 0 Å². The molecule has 3 rings (SSSR count). The Kier molecular flexibility index (Phi) is 25.3. The number of likely N-dealkylation sites (tertiary alicyclic amines) is 1. The summed E-state index contributed by atoms with van der Waals surface area (Å²) >= 11 is 1.44. The Morgan fingerprint density at radius 3 is 2.02 bits per heavy atom. The molecule has 2 saturated heterocycles. The molecule has 364 valence electrons. The summed E-state index contributed by atoms with van der Waals surface area (Å²) in [6.45, 7) is 0.419. The van der Waals surface area contributed by atoms with Crippen LogP contribution in [0.15, 0.2) is 12.5 Å². The number of imidazole rings is 1. The van der Waals surface area contributed by atoms with E-state index in [1.165, 1.54) is 29.2 Å². The van der Waals surface area contributed by atoms with Crippen molar-refractivity contribution in [1.82, 2.24) is 41.5 Å². The van der Waals surface area contributed by atoms with Crippen molar-refractivity contribution >= 4 is 76.9 Å². The molecule has 29 heteroatoms. The minimum absolute atomic E-state index is 0.0691. The van der Waals surface area contributed by atoms with E-state index < -0.39 is 120 Å². The molecule has 28 nitrogen and oxygen atoms in total. The largest absolute Gasteiger partial charge is 0.480 e. The first-order chi connectivity index (χ1) is 30.5. The van der Waals surface area contributed by atoms with Crippen LogP contribution in [0.25, 0.3) is 0 Å². The van der Waals surface area contributed by atoms with Crippen LogP contribution in [0.2, 0.25) is 0 Å². The van der Waals surface area contributed by atoms with Crippen molar-refractivity contribution in [3.05, 3.63) is 18.2 Å². The number of nitrogens with one attached hydrogen (secondary N) is 6. The maximum absolute atomic E-state index is 13.6. The molecule has 0 bridgehead atoms. The van der Waals surface area contributed by atoms with Crippen molar-refractivity contribution in [3.63, 3.8) is 0 Å². The zero-order chi connectivity index (χ0) is 49.4.